The standard InChI is InChI=1S/C18H28N2O13/c19-5-1-16-6(13(26)20-5)11-17(28,12(10(16)25)33-18(29,32-11)15(16)27)3-30-14-9(24)8(23)7(22)4(2-21)31-14/h4,6-15,21-29H,1-3H2,(H2,19,20)/t4?,6?,7?,8?,9?,10?,11?,12?,13?,14?,15-,16?,17?,18?/m0/s1. The molecule has 0 aromatic heterocycles. The van der Waals surface area contributed by atoms with E-state index in [9.17, 15) is 46.0 Å². The average Bonchev–Trinajstić information content (AvgIpc) is 2.75. The van der Waals surface area contributed by atoms with Crippen molar-refractivity contribution < 1.29 is 64.9 Å². The molecule has 33 heavy (non-hydrogen) atoms. The molecule has 15 heteroatoms. The van der Waals surface area contributed by atoms with Crippen molar-refractivity contribution in [1.82, 2.24) is 0 Å². The lowest BCUT2D eigenvalue weighted by atomic mass is 9.49. The summed E-state index contributed by atoms with van der Waals surface area (Å²) in [6.07, 6.45) is -16.4. The quantitative estimate of drug-likeness (QED) is 0.179. The number of aliphatic hydroxyl groups excluding tert-OH is 7. The maximum Gasteiger partial charge on any atom is 0.309 e. The van der Waals surface area contributed by atoms with E-state index in [-0.39, 0.29) is 12.3 Å². The van der Waals surface area contributed by atoms with Crippen molar-refractivity contribution in [2.75, 3.05) is 13.2 Å². The molecule has 0 aromatic rings. The summed E-state index contributed by atoms with van der Waals surface area (Å²) in [5.41, 5.74) is 1.87. The molecule has 4 saturated heterocycles. The third-order valence-corrected chi connectivity index (χ3v) is 7.65. The van der Waals surface area contributed by atoms with E-state index < -0.39 is 97.5 Å². The normalized spacial score (nSPS) is 59.9. The minimum Gasteiger partial charge on any atom is -0.394 e. The van der Waals surface area contributed by atoms with E-state index in [4.69, 9.17) is 24.7 Å². The van der Waals surface area contributed by atoms with Crippen LogP contribution >= 0.6 is 0 Å². The first-order chi connectivity index (χ1) is 15.4. The Morgan fingerprint density at radius 3 is 2.33 bits per heavy atom. The summed E-state index contributed by atoms with van der Waals surface area (Å²) in [5, 5.41) is 94.2. The van der Waals surface area contributed by atoms with Gasteiger partial charge in [-0.15, -0.1) is 0 Å². The molecular weight excluding hydrogens is 452 g/mol. The van der Waals surface area contributed by atoms with E-state index >= 15 is 0 Å². The van der Waals surface area contributed by atoms with E-state index in [2.05, 4.69) is 4.99 Å². The summed E-state index contributed by atoms with van der Waals surface area (Å²) in [7, 11) is 0. The van der Waals surface area contributed by atoms with Crippen LogP contribution in [0.3, 0.4) is 0 Å². The van der Waals surface area contributed by atoms with E-state index in [1.807, 2.05) is 0 Å². The Hall–Kier alpha value is -1.05. The number of nitrogens with zero attached hydrogens (tertiary/aromatic N) is 1. The number of rotatable bonds is 4. The number of amidine groups is 1. The largest absolute Gasteiger partial charge is 0.394 e. The van der Waals surface area contributed by atoms with Gasteiger partial charge >= 0.3 is 5.97 Å². The molecule has 15 nitrogen and oxygen atoms in total. The minimum atomic E-state index is -2.61. The van der Waals surface area contributed by atoms with Crippen LogP contribution in [-0.4, -0.2) is 138 Å². The molecule has 0 radical (unpaired) electrons. The van der Waals surface area contributed by atoms with E-state index in [0.717, 1.165) is 0 Å². The molecule has 11 N–H and O–H groups in total. The highest BCUT2D eigenvalue weighted by Crippen LogP contribution is 2.64. The van der Waals surface area contributed by atoms with Crippen LogP contribution < -0.4 is 5.73 Å². The van der Waals surface area contributed by atoms with Crippen LogP contribution in [0, 0.1) is 11.3 Å². The molecule has 0 amide bonds. The summed E-state index contributed by atoms with van der Waals surface area (Å²) < 4.78 is 21.5. The molecule has 188 valence electrons. The van der Waals surface area contributed by atoms with Crippen molar-refractivity contribution in [2.24, 2.45) is 22.1 Å². The fraction of sp³-hybridized carbons (Fsp3) is 0.944. The highest BCUT2D eigenvalue weighted by Gasteiger charge is 2.82. The zero-order valence-electron chi connectivity index (χ0n) is 17.2. The van der Waals surface area contributed by atoms with Gasteiger partial charge in [0.2, 0.25) is 0 Å². The predicted octanol–water partition coefficient (Wildman–Crippen LogP) is -6.60. The lowest BCUT2D eigenvalue weighted by molar-refractivity contribution is -0.561. The van der Waals surface area contributed by atoms with Crippen LogP contribution in [0.25, 0.3) is 0 Å². The van der Waals surface area contributed by atoms with Gasteiger partial charge in [0.1, 0.15) is 48.3 Å². The number of hydrogen-bond donors (Lipinski definition) is 10. The molecule has 5 fully saturated rings. The third kappa shape index (κ3) is 2.94. The second-order valence-corrected chi connectivity index (χ2v) is 9.40. The molecule has 1 aliphatic carbocycles. The Balaban J connectivity index is 1.45. The summed E-state index contributed by atoms with van der Waals surface area (Å²) in [5.74, 6) is -3.93. The Labute approximate surface area is 186 Å². The minimum absolute atomic E-state index is 0.0801. The van der Waals surface area contributed by atoms with Crippen molar-refractivity contribution in [2.45, 2.75) is 79.3 Å². The molecule has 4 bridgehead atoms. The summed E-state index contributed by atoms with van der Waals surface area (Å²) >= 11 is 0. The van der Waals surface area contributed by atoms with Crippen LogP contribution in [-0.2, 0) is 18.9 Å². The molecule has 5 heterocycles. The molecule has 6 rings (SSSR count). The van der Waals surface area contributed by atoms with Gasteiger partial charge in [-0.2, -0.15) is 0 Å². The van der Waals surface area contributed by atoms with E-state index in [1.165, 1.54) is 0 Å². The number of aliphatic imine (C=N–C) groups is 1. The SMILES string of the molecule is NC1=NC(O)C2C3OC4(O)OC(C(O)C2(C1)[C@@H]4O)C3(O)COC1OC(CO)C(O)C(O)C1O. The summed E-state index contributed by atoms with van der Waals surface area (Å²) in [6, 6.07) is 0. The highest BCUT2D eigenvalue weighted by molar-refractivity contribution is 5.82. The Morgan fingerprint density at radius 2 is 1.67 bits per heavy atom. The molecule has 0 aromatic carbocycles. The van der Waals surface area contributed by atoms with E-state index in [1.54, 1.807) is 0 Å². The number of ether oxygens (including phenoxy) is 4. The fourth-order valence-electron chi connectivity index (χ4n) is 6.00. The average molecular weight is 480 g/mol. The zero-order chi connectivity index (χ0) is 24.1. The molecule has 13 unspecified atom stereocenters. The number of nitrogens with two attached hydrogens (primary N) is 1. The Bertz CT molecular complexity index is 831. The number of aliphatic hydroxyl groups is 9. The zero-order valence-corrected chi connectivity index (χ0v) is 17.2. The Morgan fingerprint density at radius 1 is 1.00 bits per heavy atom. The summed E-state index contributed by atoms with van der Waals surface area (Å²) in [6.45, 7) is -1.47. The van der Waals surface area contributed by atoms with Crippen LogP contribution in [0.4, 0.5) is 0 Å². The highest BCUT2D eigenvalue weighted by atomic mass is 16.9. The topological polar surface area (TPSA) is 257 Å². The molecule has 14 atom stereocenters. The van der Waals surface area contributed by atoms with Gasteiger partial charge in [-0.05, 0) is 0 Å². The van der Waals surface area contributed by atoms with Crippen molar-refractivity contribution in [3.8, 4) is 0 Å². The first-order valence-electron chi connectivity index (χ1n) is 10.5. The maximum absolute atomic E-state index is 11.5. The lowest BCUT2D eigenvalue weighted by Gasteiger charge is -2.71. The van der Waals surface area contributed by atoms with E-state index in [0.29, 0.717) is 0 Å². The van der Waals surface area contributed by atoms with Gasteiger partial charge in [-0.3, -0.25) is 0 Å². The molecular formula is C18H28N2O13. The smallest absolute Gasteiger partial charge is 0.309 e. The molecule has 1 saturated carbocycles. The predicted molar refractivity (Wildman–Crippen MR) is 99.5 cm³/mol. The maximum atomic E-state index is 11.5. The monoisotopic (exact) mass is 480 g/mol. The fourth-order valence-corrected chi connectivity index (χ4v) is 6.00. The van der Waals surface area contributed by atoms with Gasteiger partial charge < -0.3 is 70.6 Å². The summed E-state index contributed by atoms with van der Waals surface area (Å²) in [4.78, 5) is 3.86. The van der Waals surface area contributed by atoms with Gasteiger partial charge in [-0.25, -0.2) is 4.99 Å². The Kier molecular flexibility index (Phi) is 5.36. The molecule has 1 spiro atoms. The van der Waals surface area contributed by atoms with Gasteiger partial charge in [0.25, 0.3) is 0 Å². The van der Waals surface area contributed by atoms with Gasteiger partial charge in [-0.1, -0.05) is 0 Å². The van der Waals surface area contributed by atoms with Gasteiger partial charge in [0.15, 0.2) is 12.5 Å². The van der Waals surface area contributed by atoms with Crippen molar-refractivity contribution in [1.29, 1.82) is 0 Å². The van der Waals surface area contributed by atoms with Crippen LogP contribution in [0.15, 0.2) is 4.99 Å². The van der Waals surface area contributed by atoms with Crippen LogP contribution in [0.2, 0.25) is 0 Å². The van der Waals surface area contributed by atoms with Gasteiger partial charge in [0, 0.05) is 17.8 Å². The van der Waals surface area contributed by atoms with Gasteiger partial charge in [0.05, 0.1) is 25.2 Å². The van der Waals surface area contributed by atoms with Crippen molar-refractivity contribution in [3.63, 3.8) is 0 Å². The van der Waals surface area contributed by atoms with Crippen molar-refractivity contribution in [3.05, 3.63) is 0 Å². The van der Waals surface area contributed by atoms with Crippen LogP contribution in [0.1, 0.15) is 6.42 Å². The molecule has 5 aliphatic heterocycles. The third-order valence-electron chi connectivity index (χ3n) is 7.65. The number of hydrogen-bond acceptors (Lipinski definition) is 15. The first-order valence-corrected chi connectivity index (χ1v) is 10.5. The second kappa shape index (κ2) is 7.47. The van der Waals surface area contributed by atoms with Crippen LogP contribution in [0.5, 0.6) is 0 Å². The second-order valence-electron chi connectivity index (χ2n) is 9.40. The molecule has 6 aliphatic rings. The van der Waals surface area contributed by atoms with Crippen molar-refractivity contribution >= 4 is 5.84 Å². The lowest BCUT2D eigenvalue weighted by Crippen LogP contribution is -2.89. The first kappa shape index (κ1) is 23.7.